The van der Waals surface area contributed by atoms with Crippen LogP contribution in [0.3, 0.4) is 0 Å². The lowest BCUT2D eigenvalue weighted by Gasteiger charge is -2.62. The summed E-state index contributed by atoms with van der Waals surface area (Å²) in [7, 11) is 6.74. The average molecular weight is 487 g/mol. The zero-order valence-electron chi connectivity index (χ0n) is 21.4. The van der Waals surface area contributed by atoms with Crippen molar-refractivity contribution in [1.29, 1.82) is 0 Å². The van der Waals surface area contributed by atoms with Gasteiger partial charge in [-0.25, -0.2) is 0 Å². The van der Waals surface area contributed by atoms with Crippen molar-refractivity contribution in [3.8, 4) is 0 Å². The maximum Gasteiger partial charge on any atom is 0.0370 e. The van der Waals surface area contributed by atoms with Crippen LogP contribution >= 0.6 is 18.5 Å². The summed E-state index contributed by atoms with van der Waals surface area (Å²) in [5.74, 6) is 3.83. The Balaban J connectivity index is 1.52. The van der Waals surface area contributed by atoms with Gasteiger partial charge >= 0.3 is 0 Å². The van der Waals surface area contributed by atoms with Gasteiger partial charge in [0.15, 0.2) is 0 Å². The van der Waals surface area contributed by atoms with Gasteiger partial charge in [0.25, 0.3) is 0 Å². The van der Waals surface area contributed by atoms with Crippen LogP contribution in [0.4, 0.5) is 0 Å². The van der Waals surface area contributed by atoms with Gasteiger partial charge < -0.3 is 10.6 Å². The van der Waals surface area contributed by atoms with E-state index in [1.165, 1.54) is 83.5 Å². The topological polar surface area (TPSA) is 24.1 Å². The molecule has 184 valence electrons. The Morgan fingerprint density at radius 1 is 0.970 bits per heavy atom. The molecule has 7 aliphatic rings. The average Bonchev–Trinajstić information content (AvgIpc) is 3.54. The summed E-state index contributed by atoms with van der Waals surface area (Å²) in [5, 5.41) is 8.16. The molecule has 2 aliphatic heterocycles. The van der Waals surface area contributed by atoms with Crippen LogP contribution in [0, 0.1) is 34.5 Å². The smallest absolute Gasteiger partial charge is 0.0370 e. The van der Waals surface area contributed by atoms with E-state index in [9.17, 15) is 0 Å². The molecule has 4 heteroatoms. The highest BCUT2D eigenvalue weighted by atomic mass is 31.0. The molecule has 2 heterocycles. The summed E-state index contributed by atoms with van der Waals surface area (Å²) in [4.78, 5) is 0. The number of allylic oxidation sites excluding steroid dienone is 3. The molecule has 5 aliphatic carbocycles. The molecular formula is C29H48N2P2. The summed E-state index contributed by atoms with van der Waals surface area (Å²) in [6.45, 7) is 9.76. The molecule has 2 N–H and O–H groups in total. The molecule has 0 aromatic heterocycles. The van der Waals surface area contributed by atoms with Gasteiger partial charge in [0, 0.05) is 17.2 Å². The number of hydrogen-bond acceptors (Lipinski definition) is 2. The summed E-state index contributed by atoms with van der Waals surface area (Å²) in [6.07, 6.45) is 18.2. The normalized spacial score (nSPS) is 44.6. The minimum atomic E-state index is 0.153. The van der Waals surface area contributed by atoms with Crippen molar-refractivity contribution < 1.29 is 0 Å². The minimum Gasteiger partial charge on any atom is -0.313 e. The molecule has 7 atom stereocenters. The Kier molecular flexibility index (Phi) is 6.02. The van der Waals surface area contributed by atoms with Crippen molar-refractivity contribution in [3.63, 3.8) is 0 Å². The zero-order valence-corrected chi connectivity index (χ0v) is 23.7. The maximum atomic E-state index is 4.00. The van der Waals surface area contributed by atoms with Crippen LogP contribution in [0.5, 0.6) is 0 Å². The largest absolute Gasteiger partial charge is 0.313 e. The van der Waals surface area contributed by atoms with E-state index in [-0.39, 0.29) is 10.6 Å². The Bertz CT molecular complexity index is 810. The first-order valence-electron chi connectivity index (χ1n) is 14.2. The third-order valence-corrected chi connectivity index (χ3v) is 12.7. The van der Waals surface area contributed by atoms with Crippen LogP contribution < -0.4 is 10.6 Å². The third kappa shape index (κ3) is 3.63. The highest BCUT2D eigenvalue weighted by Crippen LogP contribution is 2.68. The number of hydrogen-bond donors (Lipinski definition) is 2. The molecule has 33 heavy (non-hydrogen) atoms. The molecule has 0 aromatic rings. The van der Waals surface area contributed by atoms with Crippen LogP contribution in [0.2, 0.25) is 0 Å². The Hall–Kier alpha value is 0.260. The second-order valence-electron chi connectivity index (χ2n) is 13.8. The molecule has 2 saturated heterocycles. The lowest BCUT2D eigenvalue weighted by molar-refractivity contribution is -0.0765. The molecule has 6 fully saturated rings. The number of rotatable bonds is 5. The van der Waals surface area contributed by atoms with Gasteiger partial charge in [-0.1, -0.05) is 32.4 Å². The van der Waals surface area contributed by atoms with Gasteiger partial charge in [0.1, 0.15) is 0 Å². The molecule has 0 amide bonds. The van der Waals surface area contributed by atoms with Gasteiger partial charge in [-0.05, 0) is 129 Å². The first kappa shape index (κ1) is 23.6. The predicted molar refractivity (Wildman–Crippen MR) is 148 cm³/mol. The second kappa shape index (κ2) is 8.40. The minimum absolute atomic E-state index is 0.153. The van der Waals surface area contributed by atoms with Crippen LogP contribution in [-0.4, -0.2) is 36.5 Å². The predicted octanol–water partition coefficient (Wildman–Crippen LogP) is 6.09. The molecule has 4 bridgehead atoms. The first-order valence-corrected chi connectivity index (χ1v) is 15.6. The molecular weight excluding hydrogens is 438 g/mol. The monoisotopic (exact) mass is 486 g/mol. The van der Waals surface area contributed by atoms with E-state index >= 15 is 0 Å². The van der Waals surface area contributed by atoms with Crippen molar-refractivity contribution in [2.75, 3.05) is 19.3 Å². The van der Waals surface area contributed by atoms with E-state index in [1.54, 1.807) is 5.57 Å². The highest BCUT2D eigenvalue weighted by Gasteiger charge is 2.60. The van der Waals surface area contributed by atoms with Gasteiger partial charge in [-0.3, -0.25) is 0 Å². The summed E-state index contributed by atoms with van der Waals surface area (Å²) in [5.41, 5.74) is 6.08. The summed E-state index contributed by atoms with van der Waals surface area (Å²) >= 11 is 0. The molecule has 0 radical (unpaired) electrons. The van der Waals surface area contributed by atoms with Gasteiger partial charge in [-0.2, -0.15) is 0 Å². The van der Waals surface area contributed by atoms with Crippen LogP contribution in [-0.2, 0) is 0 Å². The third-order valence-electron chi connectivity index (χ3n) is 11.1. The zero-order chi connectivity index (χ0) is 23.0. The number of nitrogens with one attached hydrogen (secondary N) is 2. The Labute approximate surface area is 207 Å². The maximum absolute atomic E-state index is 4.00. The molecule has 0 spiro atoms. The van der Waals surface area contributed by atoms with E-state index in [0.717, 1.165) is 23.7 Å². The standard InChI is InChI=1S/C29H48N2P2/c1-27(2,3)21-13-22(28-15-18-10-19(16-28)12-20(11-18)24(28)17-32)23(14-21)29(33,25-6-4-8-30-25)26-7-5-9-31-26/h13,18-20,24-26,30-31H,4-12,14-17,32-33H2,1-3H3. The lowest BCUT2D eigenvalue weighted by atomic mass is 9.43. The van der Waals surface area contributed by atoms with Crippen molar-refractivity contribution in [2.45, 2.75) is 102 Å². The van der Waals surface area contributed by atoms with Crippen LogP contribution in [0.15, 0.2) is 22.8 Å². The lowest BCUT2D eigenvalue weighted by Crippen LogP contribution is -2.58. The van der Waals surface area contributed by atoms with E-state index in [0.29, 0.717) is 17.5 Å². The van der Waals surface area contributed by atoms with Gasteiger partial charge in [-0.15, -0.1) is 18.5 Å². The Morgan fingerprint density at radius 3 is 2.06 bits per heavy atom. The Morgan fingerprint density at radius 2 is 1.58 bits per heavy atom. The highest BCUT2D eigenvalue weighted by molar-refractivity contribution is 7.19. The molecule has 4 saturated carbocycles. The molecule has 0 aromatic carbocycles. The summed E-state index contributed by atoms with van der Waals surface area (Å²) < 4.78 is 0. The van der Waals surface area contributed by atoms with Crippen LogP contribution in [0.25, 0.3) is 0 Å². The molecule has 7 unspecified atom stereocenters. The molecule has 2 nitrogen and oxygen atoms in total. The SMILES string of the molecule is CC(C)(C)C1=CC(C23CC4CC(CC(C4)C2CP)C3)=C(C(P)(C2CCCN2)C2CCCN2)C1. The fourth-order valence-electron chi connectivity index (χ4n) is 9.74. The van der Waals surface area contributed by atoms with Crippen molar-refractivity contribution in [2.24, 2.45) is 34.5 Å². The van der Waals surface area contributed by atoms with E-state index < -0.39 is 0 Å². The van der Waals surface area contributed by atoms with Crippen molar-refractivity contribution in [1.82, 2.24) is 10.6 Å². The first-order chi connectivity index (χ1) is 15.8. The van der Waals surface area contributed by atoms with E-state index in [2.05, 4.69) is 56.0 Å². The van der Waals surface area contributed by atoms with Gasteiger partial charge in [0.2, 0.25) is 0 Å². The van der Waals surface area contributed by atoms with Gasteiger partial charge in [0.05, 0.1) is 0 Å². The van der Waals surface area contributed by atoms with Crippen molar-refractivity contribution in [3.05, 3.63) is 22.8 Å². The second-order valence-corrected chi connectivity index (χ2v) is 15.3. The fraction of sp³-hybridized carbons (Fsp3) is 0.862. The molecule has 7 rings (SSSR count). The van der Waals surface area contributed by atoms with Crippen LogP contribution in [0.1, 0.15) is 85.0 Å². The van der Waals surface area contributed by atoms with E-state index in [1.807, 2.05) is 11.1 Å². The quantitative estimate of drug-likeness (QED) is 0.459. The fourth-order valence-corrected chi connectivity index (χ4v) is 11.4. The summed E-state index contributed by atoms with van der Waals surface area (Å²) in [6, 6.07) is 1.19. The van der Waals surface area contributed by atoms with Crippen molar-refractivity contribution >= 4 is 18.5 Å². The van der Waals surface area contributed by atoms with E-state index in [4.69, 9.17) is 0 Å².